The number of nitrogens with zero attached hydrogens (tertiary/aromatic N) is 3. The van der Waals surface area contributed by atoms with Crippen molar-refractivity contribution in [3.63, 3.8) is 0 Å². The van der Waals surface area contributed by atoms with Gasteiger partial charge in [0.25, 0.3) is 10.0 Å². The Morgan fingerprint density at radius 1 is 1.38 bits per heavy atom. The second-order valence-corrected chi connectivity index (χ2v) is 7.76. The molecule has 24 heavy (non-hydrogen) atoms. The Hall–Kier alpha value is -2.35. The van der Waals surface area contributed by atoms with Crippen LogP contribution >= 0.6 is 0 Å². The zero-order valence-corrected chi connectivity index (χ0v) is 14.7. The Morgan fingerprint density at radius 2 is 2.08 bits per heavy atom. The van der Waals surface area contributed by atoms with Crippen LogP contribution in [-0.2, 0) is 21.2 Å². The van der Waals surface area contributed by atoms with Gasteiger partial charge in [0.1, 0.15) is 4.90 Å². The highest BCUT2D eigenvalue weighted by Gasteiger charge is 2.23. The van der Waals surface area contributed by atoms with Crippen molar-refractivity contribution in [1.82, 2.24) is 9.78 Å². The quantitative estimate of drug-likeness (QED) is 0.826. The Morgan fingerprint density at radius 3 is 2.67 bits per heavy atom. The van der Waals surface area contributed by atoms with Crippen LogP contribution in [0.15, 0.2) is 41.6 Å². The number of aryl methyl sites for hydroxylation is 1. The number of rotatable bonds is 7. The third-order valence-corrected chi connectivity index (χ3v) is 5.41. The maximum Gasteiger partial charge on any atom is 0.303 e. The fourth-order valence-electron chi connectivity index (χ4n) is 2.19. The molecule has 8 heteroatoms. The van der Waals surface area contributed by atoms with Crippen LogP contribution in [0.4, 0.5) is 5.69 Å². The van der Waals surface area contributed by atoms with E-state index < -0.39 is 16.0 Å². The molecule has 1 N–H and O–H groups in total. The molecule has 0 fully saturated rings. The van der Waals surface area contributed by atoms with Crippen molar-refractivity contribution in [3.8, 4) is 0 Å². The van der Waals surface area contributed by atoms with E-state index in [-0.39, 0.29) is 17.4 Å². The number of aliphatic carboxylic acids is 1. The van der Waals surface area contributed by atoms with Crippen LogP contribution in [0.5, 0.6) is 0 Å². The van der Waals surface area contributed by atoms with Crippen molar-refractivity contribution in [2.24, 2.45) is 0 Å². The molecule has 1 heterocycles. The third-order valence-electron chi connectivity index (χ3n) is 3.67. The highest BCUT2D eigenvalue weighted by atomic mass is 32.2. The van der Waals surface area contributed by atoms with E-state index in [0.717, 1.165) is 5.56 Å². The van der Waals surface area contributed by atoms with Gasteiger partial charge in [-0.05, 0) is 38.0 Å². The van der Waals surface area contributed by atoms with E-state index in [2.05, 4.69) is 5.10 Å². The molecule has 2 aromatic rings. The summed E-state index contributed by atoms with van der Waals surface area (Å²) in [4.78, 5) is 10.8. The van der Waals surface area contributed by atoms with Gasteiger partial charge in [0.05, 0.1) is 11.9 Å². The first-order valence-corrected chi connectivity index (χ1v) is 8.99. The lowest BCUT2D eigenvalue weighted by atomic mass is 10.1. The lowest BCUT2D eigenvalue weighted by Crippen LogP contribution is -2.26. The van der Waals surface area contributed by atoms with E-state index in [1.54, 1.807) is 28.9 Å². The molecule has 0 aliphatic rings. The van der Waals surface area contributed by atoms with Crippen LogP contribution < -0.4 is 4.31 Å². The summed E-state index contributed by atoms with van der Waals surface area (Å²) in [6, 6.07) is 6.93. The van der Waals surface area contributed by atoms with E-state index in [4.69, 9.17) is 5.11 Å². The molecule has 0 atom stereocenters. The molecule has 7 nitrogen and oxygen atoms in total. The Balaban J connectivity index is 2.27. The van der Waals surface area contributed by atoms with Gasteiger partial charge in [0.2, 0.25) is 0 Å². The van der Waals surface area contributed by atoms with E-state index in [9.17, 15) is 13.2 Å². The molecule has 0 radical (unpaired) electrons. The van der Waals surface area contributed by atoms with Crippen molar-refractivity contribution < 1.29 is 18.3 Å². The summed E-state index contributed by atoms with van der Waals surface area (Å²) in [5.41, 5.74) is 1.25. The number of benzene rings is 1. The fourth-order valence-corrected chi connectivity index (χ4v) is 3.32. The van der Waals surface area contributed by atoms with Crippen LogP contribution in [0.25, 0.3) is 0 Å². The zero-order valence-electron chi connectivity index (χ0n) is 13.9. The summed E-state index contributed by atoms with van der Waals surface area (Å²) in [5.74, 6) is -0.887. The number of carbonyl (C=O) groups is 1. The van der Waals surface area contributed by atoms with Gasteiger partial charge in [-0.25, -0.2) is 8.42 Å². The minimum Gasteiger partial charge on any atom is -0.481 e. The molecule has 0 bridgehead atoms. The molecule has 1 aromatic heterocycles. The lowest BCUT2D eigenvalue weighted by Gasteiger charge is -2.19. The number of aromatic nitrogens is 2. The van der Waals surface area contributed by atoms with Crippen LogP contribution in [0.3, 0.4) is 0 Å². The average Bonchev–Trinajstić information content (AvgIpc) is 3.03. The number of carboxylic acids is 1. The van der Waals surface area contributed by atoms with Gasteiger partial charge < -0.3 is 5.11 Å². The van der Waals surface area contributed by atoms with E-state index >= 15 is 0 Å². The van der Waals surface area contributed by atoms with Gasteiger partial charge in [-0.3, -0.25) is 13.8 Å². The van der Waals surface area contributed by atoms with Gasteiger partial charge in [-0.2, -0.15) is 5.10 Å². The van der Waals surface area contributed by atoms with Crippen LogP contribution in [0.1, 0.15) is 31.9 Å². The standard InChI is InChI=1S/C16H21N3O4S/c1-12(2)19-11-15(10-17-19)24(22,23)18(3)14-6-4-5-13(9-14)7-8-16(20)21/h4-6,9-12H,7-8H2,1-3H3,(H,20,21). The van der Waals surface area contributed by atoms with Gasteiger partial charge in [-0.15, -0.1) is 0 Å². The summed E-state index contributed by atoms with van der Waals surface area (Å²) in [6.07, 6.45) is 3.19. The molecule has 0 saturated heterocycles. The second kappa shape index (κ2) is 7.04. The number of carboxylic acid groups (broad SMARTS) is 1. The predicted octanol–water partition coefficient (Wildman–Crippen LogP) is 2.31. The third kappa shape index (κ3) is 3.94. The SMILES string of the molecule is CC(C)n1cc(S(=O)(=O)N(C)c2cccc(CCC(=O)O)c2)cn1. The summed E-state index contributed by atoms with van der Waals surface area (Å²) >= 11 is 0. The summed E-state index contributed by atoms with van der Waals surface area (Å²) in [5, 5.41) is 12.8. The Kier molecular flexibility index (Phi) is 5.28. The maximum atomic E-state index is 12.7. The summed E-state index contributed by atoms with van der Waals surface area (Å²) in [6.45, 7) is 3.83. The lowest BCUT2D eigenvalue weighted by molar-refractivity contribution is -0.136. The van der Waals surface area contributed by atoms with Crippen LogP contribution in [-0.4, -0.2) is 36.3 Å². The minimum atomic E-state index is -3.72. The second-order valence-electron chi connectivity index (χ2n) is 5.79. The average molecular weight is 351 g/mol. The van der Waals surface area contributed by atoms with Gasteiger partial charge >= 0.3 is 5.97 Å². The number of anilines is 1. The fraction of sp³-hybridized carbons (Fsp3) is 0.375. The summed E-state index contributed by atoms with van der Waals surface area (Å²) in [7, 11) is -2.25. The first-order chi connectivity index (χ1) is 11.2. The molecule has 0 aliphatic heterocycles. The highest BCUT2D eigenvalue weighted by molar-refractivity contribution is 7.92. The van der Waals surface area contributed by atoms with Gasteiger partial charge in [-0.1, -0.05) is 12.1 Å². The Labute approximate surface area is 141 Å². The van der Waals surface area contributed by atoms with Crippen molar-refractivity contribution in [2.75, 3.05) is 11.4 Å². The normalized spacial score (nSPS) is 11.7. The largest absolute Gasteiger partial charge is 0.481 e. The monoisotopic (exact) mass is 351 g/mol. The molecule has 0 saturated carbocycles. The minimum absolute atomic E-state index is 0.00107. The molecule has 130 valence electrons. The van der Waals surface area contributed by atoms with E-state index in [0.29, 0.717) is 12.1 Å². The Bertz CT molecular complexity index is 827. The topological polar surface area (TPSA) is 92.5 Å². The molecular formula is C16H21N3O4S. The number of hydrogen-bond acceptors (Lipinski definition) is 4. The molecular weight excluding hydrogens is 330 g/mol. The molecule has 2 rings (SSSR count). The summed E-state index contributed by atoms with van der Waals surface area (Å²) < 4.78 is 28.2. The molecule has 0 aliphatic carbocycles. The molecule has 0 unspecified atom stereocenters. The van der Waals surface area contributed by atoms with Crippen LogP contribution in [0, 0.1) is 0 Å². The van der Waals surface area contributed by atoms with Crippen molar-refractivity contribution in [1.29, 1.82) is 0 Å². The first kappa shape index (κ1) is 18.0. The molecule has 1 aromatic carbocycles. The van der Waals surface area contributed by atoms with Crippen molar-refractivity contribution in [2.45, 2.75) is 37.6 Å². The first-order valence-electron chi connectivity index (χ1n) is 7.55. The van der Waals surface area contributed by atoms with Crippen molar-refractivity contribution >= 4 is 21.7 Å². The molecule has 0 spiro atoms. The van der Waals surface area contributed by atoms with E-state index in [1.807, 2.05) is 13.8 Å². The van der Waals surface area contributed by atoms with Crippen molar-refractivity contribution in [3.05, 3.63) is 42.2 Å². The van der Waals surface area contributed by atoms with E-state index in [1.165, 1.54) is 23.7 Å². The predicted molar refractivity (Wildman–Crippen MR) is 90.6 cm³/mol. The molecule has 0 amide bonds. The number of hydrogen-bond donors (Lipinski definition) is 1. The zero-order chi connectivity index (χ0) is 17.9. The van der Waals surface area contributed by atoms with Gasteiger partial charge in [0.15, 0.2) is 0 Å². The number of sulfonamides is 1. The smallest absolute Gasteiger partial charge is 0.303 e. The maximum absolute atomic E-state index is 12.7. The van der Waals surface area contributed by atoms with Crippen LogP contribution in [0.2, 0.25) is 0 Å². The highest BCUT2D eigenvalue weighted by Crippen LogP contribution is 2.23. The van der Waals surface area contributed by atoms with Gasteiger partial charge in [0, 0.05) is 25.7 Å².